The Morgan fingerprint density at radius 3 is 2.62 bits per heavy atom. The fraction of sp³-hybridized carbons (Fsp3) is 0.308. The molecular weight excluding hydrogens is 303 g/mol. The van der Waals surface area contributed by atoms with Crippen LogP contribution in [0.4, 0.5) is 13.2 Å². The molecule has 0 bridgehead atoms. The van der Waals surface area contributed by atoms with E-state index in [1.54, 1.807) is 18.2 Å². The summed E-state index contributed by atoms with van der Waals surface area (Å²) in [5, 5.41) is 0. The number of nitrogens with zero attached hydrogens (tertiary/aromatic N) is 2. The van der Waals surface area contributed by atoms with Crippen LogP contribution in [0, 0.1) is 12.8 Å². The zero-order valence-electron chi connectivity index (χ0n) is 11.0. The van der Waals surface area contributed by atoms with E-state index in [0.29, 0.717) is 11.0 Å². The lowest BCUT2D eigenvalue weighted by atomic mass is 10.1. The number of hydrogen-bond donors (Lipinski definition) is 1. The van der Waals surface area contributed by atoms with E-state index < -0.39 is 29.2 Å². The summed E-state index contributed by atoms with van der Waals surface area (Å²) in [4.78, 5) is 15.5. The average molecular weight is 315 g/mol. The lowest BCUT2D eigenvalue weighted by molar-refractivity contribution is -0.158. The molecule has 21 heavy (non-hydrogen) atoms. The summed E-state index contributed by atoms with van der Waals surface area (Å²) in [5.74, 6) is -2.06. The largest absolute Gasteiger partial charge is 0.399 e. The van der Waals surface area contributed by atoms with Crippen molar-refractivity contribution in [1.82, 2.24) is 9.55 Å². The Bertz CT molecular complexity index is 754. The third-order valence-electron chi connectivity index (χ3n) is 3.12. The van der Waals surface area contributed by atoms with Crippen molar-refractivity contribution in [3.63, 3.8) is 0 Å². The first-order valence-electron chi connectivity index (χ1n) is 6.04. The number of nitrogens with two attached hydrogens (primary N) is 1. The first-order chi connectivity index (χ1) is 9.71. The summed E-state index contributed by atoms with van der Waals surface area (Å²) in [5.41, 5.74) is 5.48. The summed E-state index contributed by atoms with van der Waals surface area (Å²) < 4.78 is 40.0. The van der Waals surface area contributed by atoms with Gasteiger partial charge in [-0.1, -0.05) is 24.4 Å². The van der Waals surface area contributed by atoms with E-state index in [4.69, 9.17) is 5.73 Å². The maximum absolute atomic E-state index is 13.0. The molecule has 0 saturated heterocycles. The zero-order valence-corrected chi connectivity index (χ0v) is 11.8. The third kappa shape index (κ3) is 3.05. The molecule has 2 aromatic rings. The van der Waals surface area contributed by atoms with E-state index in [1.807, 2.05) is 0 Å². The highest BCUT2D eigenvalue weighted by Gasteiger charge is 2.42. The SMILES string of the molecule is Cc1nc2ccccc2n(CC(C(N)=S)C(F)(F)F)c1=O. The van der Waals surface area contributed by atoms with E-state index in [1.165, 1.54) is 13.0 Å². The van der Waals surface area contributed by atoms with Crippen LogP contribution in [0.2, 0.25) is 0 Å². The lowest BCUT2D eigenvalue weighted by Gasteiger charge is -2.21. The average Bonchev–Trinajstić information content (AvgIpc) is 2.37. The van der Waals surface area contributed by atoms with Gasteiger partial charge in [0.05, 0.1) is 16.0 Å². The van der Waals surface area contributed by atoms with Crippen LogP contribution in [0.1, 0.15) is 5.69 Å². The lowest BCUT2D eigenvalue weighted by Crippen LogP contribution is -2.40. The zero-order chi connectivity index (χ0) is 15.8. The normalized spacial score (nSPS) is 13.3. The third-order valence-corrected chi connectivity index (χ3v) is 3.40. The van der Waals surface area contributed by atoms with Crippen LogP contribution in [0.25, 0.3) is 11.0 Å². The number of para-hydroxylation sites is 2. The van der Waals surface area contributed by atoms with Gasteiger partial charge in [-0.2, -0.15) is 13.2 Å². The number of hydrogen-bond acceptors (Lipinski definition) is 3. The Balaban J connectivity index is 2.63. The topological polar surface area (TPSA) is 60.9 Å². The van der Waals surface area contributed by atoms with Crippen molar-refractivity contribution in [2.75, 3.05) is 0 Å². The van der Waals surface area contributed by atoms with Crippen molar-refractivity contribution in [2.45, 2.75) is 19.6 Å². The van der Waals surface area contributed by atoms with Crippen molar-refractivity contribution >= 4 is 28.2 Å². The van der Waals surface area contributed by atoms with Gasteiger partial charge in [0.1, 0.15) is 11.6 Å². The number of alkyl halides is 3. The van der Waals surface area contributed by atoms with Gasteiger partial charge < -0.3 is 10.3 Å². The standard InChI is InChI=1S/C13H12F3N3OS/c1-7-12(20)19(6-8(11(17)21)13(14,15)16)10-5-3-2-4-9(10)18-7/h2-5,8H,6H2,1H3,(H2,17,21). The van der Waals surface area contributed by atoms with Crippen LogP contribution in [-0.4, -0.2) is 20.7 Å². The smallest absolute Gasteiger partial charge is 0.393 e. The molecule has 2 rings (SSSR count). The van der Waals surface area contributed by atoms with Gasteiger partial charge >= 0.3 is 6.18 Å². The second-order valence-electron chi connectivity index (χ2n) is 4.60. The molecule has 2 N–H and O–H groups in total. The van der Waals surface area contributed by atoms with Crippen LogP contribution in [-0.2, 0) is 6.54 Å². The molecule has 112 valence electrons. The van der Waals surface area contributed by atoms with Crippen molar-refractivity contribution in [3.05, 3.63) is 40.3 Å². The molecule has 0 amide bonds. The van der Waals surface area contributed by atoms with Crippen LogP contribution in [0.3, 0.4) is 0 Å². The number of rotatable bonds is 3. The van der Waals surface area contributed by atoms with E-state index in [0.717, 1.165) is 4.57 Å². The Hall–Kier alpha value is -1.96. The van der Waals surface area contributed by atoms with Crippen LogP contribution >= 0.6 is 12.2 Å². The van der Waals surface area contributed by atoms with E-state index in [-0.39, 0.29) is 5.69 Å². The van der Waals surface area contributed by atoms with E-state index in [2.05, 4.69) is 17.2 Å². The highest BCUT2D eigenvalue weighted by Crippen LogP contribution is 2.28. The van der Waals surface area contributed by atoms with Gasteiger partial charge in [-0.3, -0.25) is 4.79 Å². The van der Waals surface area contributed by atoms with Gasteiger partial charge in [0.15, 0.2) is 0 Å². The predicted molar refractivity (Wildman–Crippen MR) is 77.1 cm³/mol. The van der Waals surface area contributed by atoms with Crippen LogP contribution < -0.4 is 11.3 Å². The van der Waals surface area contributed by atoms with Gasteiger partial charge in [-0.25, -0.2) is 4.98 Å². The Kier molecular flexibility index (Phi) is 3.99. The summed E-state index contributed by atoms with van der Waals surface area (Å²) >= 11 is 4.49. The number of thiocarbonyl (C=S) groups is 1. The molecule has 1 unspecified atom stereocenters. The van der Waals surface area contributed by atoms with Gasteiger partial charge in [-0.05, 0) is 19.1 Å². The van der Waals surface area contributed by atoms with E-state index in [9.17, 15) is 18.0 Å². The molecule has 1 heterocycles. The van der Waals surface area contributed by atoms with Gasteiger partial charge in [0, 0.05) is 6.54 Å². The molecular formula is C13H12F3N3OS. The second-order valence-corrected chi connectivity index (χ2v) is 5.07. The summed E-state index contributed by atoms with van der Waals surface area (Å²) in [6.07, 6.45) is -4.61. The molecule has 4 nitrogen and oxygen atoms in total. The van der Waals surface area contributed by atoms with E-state index >= 15 is 0 Å². The number of benzene rings is 1. The molecule has 0 aliphatic heterocycles. The molecule has 1 atom stereocenters. The molecule has 1 aromatic heterocycles. The number of aromatic nitrogens is 2. The fourth-order valence-electron chi connectivity index (χ4n) is 2.04. The Morgan fingerprint density at radius 1 is 1.43 bits per heavy atom. The molecule has 8 heteroatoms. The maximum atomic E-state index is 13.0. The monoisotopic (exact) mass is 315 g/mol. The fourth-order valence-corrected chi connectivity index (χ4v) is 2.25. The minimum atomic E-state index is -4.61. The highest BCUT2D eigenvalue weighted by molar-refractivity contribution is 7.80. The summed E-state index contributed by atoms with van der Waals surface area (Å²) in [6.45, 7) is 0.802. The van der Waals surface area contributed by atoms with Crippen LogP contribution in [0.5, 0.6) is 0 Å². The van der Waals surface area contributed by atoms with Crippen molar-refractivity contribution in [3.8, 4) is 0 Å². The minimum Gasteiger partial charge on any atom is -0.393 e. The Morgan fingerprint density at radius 2 is 2.05 bits per heavy atom. The molecule has 0 aliphatic carbocycles. The molecule has 0 fully saturated rings. The summed E-state index contributed by atoms with van der Waals surface area (Å²) in [7, 11) is 0. The number of aryl methyl sites for hydroxylation is 1. The summed E-state index contributed by atoms with van der Waals surface area (Å²) in [6, 6.07) is 6.48. The van der Waals surface area contributed by atoms with Crippen LogP contribution in [0.15, 0.2) is 29.1 Å². The van der Waals surface area contributed by atoms with Crippen molar-refractivity contribution in [2.24, 2.45) is 11.7 Å². The molecule has 0 saturated carbocycles. The van der Waals surface area contributed by atoms with Crippen molar-refractivity contribution in [1.29, 1.82) is 0 Å². The van der Waals surface area contributed by atoms with Gasteiger partial charge in [-0.15, -0.1) is 0 Å². The molecule has 0 spiro atoms. The minimum absolute atomic E-state index is 0.123. The first kappa shape index (κ1) is 15.4. The molecule has 1 aromatic carbocycles. The maximum Gasteiger partial charge on any atom is 0.399 e. The molecule has 0 radical (unpaired) electrons. The molecule has 0 aliphatic rings. The van der Waals surface area contributed by atoms with Gasteiger partial charge in [0.2, 0.25) is 0 Å². The van der Waals surface area contributed by atoms with Gasteiger partial charge in [0.25, 0.3) is 5.56 Å². The first-order valence-corrected chi connectivity index (χ1v) is 6.45. The number of halogens is 3. The van der Waals surface area contributed by atoms with Crippen molar-refractivity contribution < 1.29 is 13.2 Å². The second kappa shape index (κ2) is 5.44. The Labute approximate surface area is 123 Å². The number of fused-ring (bicyclic) bond motifs is 1. The highest BCUT2D eigenvalue weighted by atomic mass is 32.1. The predicted octanol–water partition coefficient (Wildman–Crippen LogP) is 2.17. The quantitative estimate of drug-likeness (QED) is 0.882.